The quantitative estimate of drug-likeness (QED) is 0.838. The molecule has 1 amide bonds. The highest BCUT2D eigenvalue weighted by molar-refractivity contribution is 7.99. The molecule has 1 aromatic carbocycles. The van der Waals surface area contributed by atoms with Crippen molar-refractivity contribution in [1.82, 2.24) is 10.3 Å². The highest BCUT2D eigenvalue weighted by atomic mass is 35.5. The summed E-state index contributed by atoms with van der Waals surface area (Å²) in [5.74, 6) is 0.667. The maximum Gasteiger partial charge on any atom is 0.268 e. The molecule has 1 atom stereocenters. The molecule has 0 saturated heterocycles. The number of rotatable bonds is 3. The van der Waals surface area contributed by atoms with Crippen LogP contribution in [0.25, 0.3) is 0 Å². The van der Waals surface area contributed by atoms with Gasteiger partial charge in [-0.3, -0.25) is 9.59 Å². The third kappa shape index (κ3) is 3.05. The van der Waals surface area contributed by atoms with Crippen LogP contribution in [-0.2, 0) is 0 Å². The van der Waals surface area contributed by atoms with Crippen LogP contribution in [0.3, 0.4) is 0 Å². The molecule has 0 bridgehead atoms. The zero-order valence-corrected chi connectivity index (χ0v) is 13.6. The number of halogens is 1. The minimum Gasteiger partial charge on any atom is -0.356 e. The Hall–Kier alpha value is -1.72. The van der Waals surface area contributed by atoms with Crippen molar-refractivity contribution in [2.45, 2.75) is 24.3 Å². The molecule has 22 heavy (non-hydrogen) atoms. The standard InChI is InChI=1S/C16H15ClN2O2S/c1-9(20)10-6-14(18-8-10)16(21)19-13-4-5-22-15-3-2-11(17)7-12(13)15/h2-3,6-8,13,18H,4-5H2,1H3,(H,19,21)/t13-/m0/s1. The number of benzene rings is 1. The Morgan fingerprint density at radius 3 is 2.91 bits per heavy atom. The zero-order valence-electron chi connectivity index (χ0n) is 12.0. The van der Waals surface area contributed by atoms with Crippen molar-refractivity contribution in [2.24, 2.45) is 0 Å². The summed E-state index contributed by atoms with van der Waals surface area (Å²) >= 11 is 7.84. The minimum atomic E-state index is -0.213. The molecule has 4 nitrogen and oxygen atoms in total. The first kappa shape index (κ1) is 15.2. The topological polar surface area (TPSA) is 62.0 Å². The van der Waals surface area contributed by atoms with E-state index in [4.69, 9.17) is 11.6 Å². The number of aromatic nitrogens is 1. The van der Waals surface area contributed by atoms with Crippen molar-refractivity contribution >= 4 is 35.1 Å². The maximum atomic E-state index is 12.4. The van der Waals surface area contributed by atoms with Gasteiger partial charge in [0.1, 0.15) is 5.69 Å². The lowest BCUT2D eigenvalue weighted by molar-refractivity contribution is 0.0930. The van der Waals surface area contributed by atoms with E-state index in [1.54, 1.807) is 24.0 Å². The molecule has 0 unspecified atom stereocenters. The smallest absolute Gasteiger partial charge is 0.268 e. The molecule has 0 saturated carbocycles. The van der Waals surface area contributed by atoms with Gasteiger partial charge in [0.2, 0.25) is 0 Å². The second kappa shape index (κ2) is 6.18. The van der Waals surface area contributed by atoms with E-state index >= 15 is 0 Å². The lowest BCUT2D eigenvalue weighted by Gasteiger charge is -2.26. The summed E-state index contributed by atoms with van der Waals surface area (Å²) in [6.45, 7) is 1.47. The Morgan fingerprint density at radius 2 is 2.18 bits per heavy atom. The fourth-order valence-corrected chi connectivity index (χ4v) is 3.77. The van der Waals surface area contributed by atoms with Gasteiger partial charge in [-0.1, -0.05) is 11.6 Å². The van der Waals surface area contributed by atoms with Gasteiger partial charge in [0.05, 0.1) is 6.04 Å². The minimum absolute atomic E-state index is 0.0634. The van der Waals surface area contributed by atoms with Gasteiger partial charge in [0, 0.05) is 27.4 Å². The van der Waals surface area contributed by atoms with Gasteiger partial charge < -0.3 is 10.3 Å². The van der Waals surface area contributed by atoms with E-state index in [1.807, 2.05) is 18.2 Å². The number of carbonyl (C=O) groups is 2. The fourth-order valence-electron chi connectivity index (χ4n) is 2.48. The first-order valence-corrected chi connectivity index (χ1v) is 8.33. The second-order valence-electron chi connectivity index (χ2n) is 5.20. The van der Waals surface area contributed by atoms with Crippen LogP contribution in [0.4, 0.5) is 0 Å². The summed E-state index contributed by atoms with van der Waals surface area (Å²) in [4.78, 5) is 27.7. The average molecular weight is 335 g/mol. The highest BCUT2D eigenvalue weighted by Crippen LogP contribution is 2.37. The van der Waals surface area contributed by atoms with E-state index in [0.29, 0.717) is 16.3 Å². The lowest BCUT2D eigenvalue weighted by Crippen LogP contribution is -2.30. The maximum absolute atomic E-state index is 12.4. The number of fused-ring (bicyclic) bond motifs is 1. The van der Waals surface area contributed by atoms with Crippen LogP contribution in [0.5, 0.6) is 0 Å². The number of nitrogens with one attached hydrogen (secondary N) is 2. The van der Waals surface area contributed by atoms with E-state index in [1.165, 1.54) is 6.92 Å². The number of hydrogen-bond donors (Lipinski definition) is 2. The molecule has 0 fully saturated rings. The molecule has 0 radical (unpaired) electrons. The van der Waals surface area contributed by atoms with Gasteiger partial charge in [0.15, 0.2) is 5.78 Å². The Balaban J connectivity index is 1.80. The zero-order chi connectivity index (χ0) is 15.7. The summed E-state index contributed by atoms with van der Waals surface area (Å²) in [7, 11) is 0. The molecule has 2 aromatic rings. The molecule has 0 spiro atoms. The normalized spacial score (nSPS) is 16.9. The van der Waals surface area contributed by atoms with Gasteiger partial charge in [-0.05, 0) is 43.2 Å². The summed E-state index contributed by atoms with van der Waals surface area (Å²) in [5, 5.41) is 3.68. The van der Waals surface area contributed by atoms with Crippen LogP contribution < -0.4 is 5.32 Å². The van der Waals surface area contributed by atoms with Crippen molar-refractivity contribution in [2.75, 3.05) is 5.75 Å². The summed E-state index contributed by atoms with van der Waals surface area (Å²) in [5.41, 5.74) is 1.95. The molecule has 1 aliphatic heterocycles. The van der Waals surface area contributed by atoms with Gasteiger partial charge in [0.25, 0.3) is 5.91 Å². The van der Waals surface area contributed by atoms with E-state index in [-0.39, 0.29) is 17.7 Å². The summed E-state index contributed by atoms with van der Waals surface area (Å²) in [6.07, 6.45) is 2.41. The van der Waals surface area contributed by atoms with Crippen LogP contribution in [0.2, 0.25) is 5.02 Å². The molecule has 1 aliphatic rings. The number of Topliss-reactive ketones (excluding diaryl/α,β-unsaturated/α-hetero) is 1. The predicted octanol–water partition coefficient (Wildman–Crippen LogP) is 3.84. The number of H-pyrrole nitrogens is 1. The van der Waals surface area contributed by atoms with Crippen molar-refractivity contribution in [3.05, 3.63) is 52.3 Å². The molecule has 2 N–H and O–H groups in total. The molecule has 2 heterocycles. The fraction of sp³-hybridized carbons (Fsp3) is 0.250. The molecular weight excluding hydrogens is 320 g/mol. The Morgan fingerprint density at radius 1 is 1.36 bits per heavy atom. The SMILES string of the molecule is CC(=O)c1c[nH]c(C(=O)N[C@H]2CCSc3ccc(Cl)cc32)c1. The number of thioether (sulfide) groups is 1. The Kier molecular flexibility index (Phi) is 4.27. The molecule has 1 aromatic heterocycles. The van der Waals surface area contributed by atoms with Crippen molar-refractivity contribution in [1.29, 1.82) is 0 Å². The van der Waals surface area contributed by atoms with Crippen LogP contribution in [0.1, 0.15) is 45.8 Å². The number of aromatic amines is 1. The van der Waals surface area contributed by atoms with E-state index in [0.717, 1.165) is 22.6 Å². The summed E-state index contributed by atoms with van der Waals surface area (Å²) in [6, 6.07) is 7.27. The Bertz CT molecular complexity index is 741. The van der Waals surface area contributed by atoms with Crippen LogP contribution in [0, 0.1) is 0 Å². The van der Waals surface area contributed by atoms with E-state index in [2.05, 4.69) is 10.3 Å². The van der Waals surface area contributed by atoms with E-state index in [9.17, 15) is 9.59 Å². The van der Waals surface area contributed by atoms with Crippen molar-refractivity contribution in [3.63, 3.8) is 0 Å². The van der Waals surface area contributed by atoms with Crippen LogP contribution in [0.15, 0.2) is 35.4 Å². The monoisotopic (exact) mass is 334 g/mol. The molecule has 3 rings (SSSR count). The van der Waals surface area contributed by atoms with Gasteiger partial charge in [-0.15, -0.1) is 11.8 Å². The first-order chi connectivity index (χ1) is 10.5. The van der Waals surface area contributed by atoms with Gasteiger partial charge >= 0.3 is 0 Å². The first-order valence-electron chi connectivity index (χ1n) is 6.97. The third-order valence-corrected chi connectivity index (χ3v) is 5.01. The second-order valence-corrected chi connectivity index (χ2v) is 6.78. The summed E-state index contributed by atoms with van der Waals surface area (Å²) < 4.78 is 0. The Labute approximate surface area is 137 Å². The van der Waals surface area contributed by atoms with Crippen LogP contribution in [-0.4, -0.2) is 22.4 Å². The van der Waals surface area contributed by atoms with Crippen LogP contribution >= 0.6 is 23.4 Å². The average Bonchev–Trinajstić information content (AvgIpc) is 2.98. The number of hydrogen-bond acceptors (Lipinski definition) is 3. The largest absolute Gasteiger partial charge is 0.356 e. The van der Waals surface area contributed by atoms with Crippen molar-refractivity contribution in [3.8, 4) is 0 Å². The van der Waals surface area contributed by atoms with Gasteiger partial charge in [-0.25, -0.2) is 0 Å². The van der Waals surface area contributed by atoms with Gasteiger partial charge in [-0.2, -0.15) is 0 Å². The number of ketones is 1. The van der Waals surface area contributed by atoms with Crippen molar-refractivity contribution < 1.29 is 9.59 Å². The van der Waals surface area contributed by atoms with E-state index < -0.39 is 0 Å². The molecule has 6 heteroatoms. The lowest BCUT2D eigenvalue weighted by atomic mass is 10.0. The predicted molar refractivity (Wildman–Crippen MR) is 87.8 cm³/mol. The third-order valence-electron chi connectivity index (χ3n) is 3.65. The number of carbonyl (C=O) groups excluding carboxylic acids is 2. The molecule has 114 valence electrons. The molecular formula is C16H15ClN2O2S. The number of amides is 1. The molecule has 0 aliphatic carbocycles. The highest BCUT2D eigenvalue weighted by Gasteiger charge is 2.23.